The van der Waals surface area contributed by atoms with Crippen LogP contribution in [0.3, 0.4) is 0 Å². The molecule has 0 unspecified atom stereocenters. The predicted molar refractivity (Wildman–Crippen MR) is 198 cm³/mol. The molecule has 2 saturated heterocycles. The maximum absolute atomic E-state index is 13.9. The number of aliphatic imine (C=N–C) groups is 1. The van der Waals surface area contributed by atoms with Crippen molar-refractivity contribution in [1.29, 1.82) is 5.26 Å². The van der Waals surface area contributed by atoms with Crippen molar-refractivity contribution in [1.82, 2.24) is 24.7 Å². The zero-order chi connectivity index (χ0) is 36.7. The number of rotatable bonds is 7. The molecule has 2 aromatic rings. The third kappa shape index (κ3) is 7.85. The first-order valence-corrected chi connectivity index (χ1v) is 18.8. The van der Waals surface area contributed by atoms with Gasteiger partial charge in [-0.05, 0) is 99.1 Å². The third-order valence-electron chi connectivity index (χ3n) is 10.3. The van der Waals surface area contributed by atoms with Crippen molar-refractivity contribution >= 4 is 40.4 Å². The van der Waals surface area contributed by atoms with Crippen LogP contribution in [0.4, 0.5) is 15.6 Å². The number of carbonyl (C=O) groups is 2. The van der Waals surface area contributed by atoms with Crippen LogP contribution < -0.4 is 9.64 Å². The van der Waals surface area contributed by atoms with Gasteiger partial charge < -0.3 is 19.3 Å². The Morgan fingerprint density at radius 1 is 1.18 bits per heavy atom. The second kappa shape index (κ2) is 14.1. The molecule has 0 aromatic carbocycles. The second-order valence-corrected chi connectivity index (χ2v) is 16.9. The molecule has 0 bridgehead atoms. The van der Waals surface area contributed by atoms with E-state index in [1.165, 1.54) is 11.3 Å². The Morgan fingerprint density at radius 2 is 1.94 bits per heavy atom. The molecule has 12 nitrogen and oxygen atoms in total. The molecule has 0 N–H and O–H groups in total. The summed E-state index contributed by atoms with van der Waals surface area (Å²) < 4.78 is 12.2. The summed E-state index contributed by atoms with van der Waals surface area (Å²) in [4.78, 5) is 50.2. The number of Topliss-reactive ketones (excluding diaryl/α,β-unsaturated/α-hetero) is 1. The molecule has 4 heterocycles. The van der Waals surface area contributed by atoms with E-state index in [-0.39, 0.29) is 29.6 Å². The van der Waals surface area contributed by atoms with Gasteiger partial charge in [-0.15, -0.1) is 11.3 Å². The number of likely N-dealkylation sites (tertiary alicyclic amines) is 1. The van der Waals surface area contributed by atoms with E-state index in [9.17, 15) is 14.9 Å². The van der Waals surface area contributed by atoms with Gasteiger partial charge in [-0.2, -0.15) is 10.2 Å². The molecule has 272 valence electrons. The lowest BCUT2D eigenvalue weighted by Crippen LogP contribution is -2.58. The summed E-state index contributed by atoms with van der Waals surface area (Å²) in [6.07, 6.45) is 7.58. The summed E-state index contributed by atoms with van der Waals surface area (Å²) in [5.74, 6) is 6.53. The van der Waals surface area contributed by atoms with Crippen molar-refractivity contribution in [3.8, 4) is 23.8 Å². The number of aryl methyl sites for hydroxylation is 1. The van der Waals surface area contributed by atoms with Crippen LogP contribution in [-0.4, -0.2) is 113 Å². The molecule has 3 atom stereocenters. The van der Waals surface area contributed by atoms with E-state index >= 15 is 0 Å². The van der Waals surface area contributed by atoms with Gasteiger partial charge in [0.25, 0.3) is 5.78 Å². The van der Waals surface area contributed by atoms with Crippen molar-refractivity contribution in [2.75, 3.05) is 52.2 Å². The van der Waals surface area contributed by atoms with E-state index in [1.54, 1.807) is 6.34 Å². The highest BCUT2D eigenvalue weighted by molar-refractivity contribution is 7.16. The standard InChI is InChI=1S/C38H50N8O4S/c1-25(27-11-10-18-44(27)8)49-31-21-30(45-19-20-46(38(23-45)16-17-38)35(48)50-36(2,3)4)41-33(42-31)28(47)13-15-37(5)14-9-12-29-32(37)26(22-39)34(51-29)40-24-43(6)7/h21,24-25,27H,9-12,14,16-20,23H2,1-8H3/b40-24+/t25-,27-,37+/m0/s1. The minimum absolute atomic E-state index is 0.0249. The van der Waals surface area contributed by atoms with Crippen molar-refractivity contribution in [2.45, 2.75) is 108 Å². The van der Waals surface area contributed by atoms with Crippen LogP contribution in [0, 0.1) is 23.2 Å². The van der Waals surface area contributed by atoms with Gasteiger partial charge in [0.15, 0.2) is 0 Å². The minimum atomic E-state index is -0.703. The Morgan fingerprint density at radius 3 is 2.59 bits per heavy atom. The van der Waals surface area contributed by atoms with Gasteiger partial charge in [0.2, 0.25) is 11.7 Å². The number of thiophene rings is 1. The van der Waals surface area contributed by atoms with Crippen LogP contribution in [0.25, 0.3) is 0 Å². The maximum Gasteiger partial charge on any atom is 0.410 e. The highest BCUT2D eigenvalue weighted by Crippen LogP contribution is 2.48. The number of ether oxygens (including phenoxy) is 2. The number of piperazine rings is 1. The van der Waals surface area contributed by atoms with Gasteiger partial charge >= 0.3 is 6.09 Å². The highest BCUT2D eigenvalue weighted by Gasteiger charge is 2.54. The number of carbonyl (C=O) groups excluding carboxylic acids is 2. The average molecular weight is 715 g/mol. The van der Waals surface area contributed by atoms with E-state index in [4.69, 9.17) is 14.5 Å². The number of amides is 1. The fourth-order valence-electron chi connectivity index (χ4n) is 7.57. The summed E-state index contributed by atoms with van der Waals surface area (Å²) >= 11 is 1.52. The number of ketones is 1. The molecule has 2 aliphatic carbocycles. The summed E-state index contributed by atoms with van der Waals surface area (Å²) in [5, 5.41) is 10.9. The number of fused-ring (bicyclic) bond motifs is 1. The van der Waals surface area contributed by atoms with Crippen LogP contribution in [0.2, 0.25) is 0 Å². The lowest BCUT2D eigenvalue weighted by Gasteiger charge is -2.42. The smallest absolute Gasteiger partial charge is 0.410 e. The number of anilines is 1. The largest absolute Gasteiger partial charge is 0.473 e. The highest BCUT2D eigenvalue weighted by atomic mass is 32.1. The minimum Gasteiger partial charge on any atom is -0.473 e. The molecular weight excluding hydrogens is 665 g/mol. The summed E-state index contributed by atoms with van der Waals surface area (Å²) in [6.45, 7) is 12.3. The first kappa shape index (κ1) is 36.6. The van der Waals surface area contributed by atoms with Crippen LogP contribution in [0.1, 0.15) is 99.8 Å². The number of likely N-dealkylation sites (N-methyl/N-ethyl adjacent to an activating group) is 1. The van der Waals surface area contributed by atoms with Crippen molar-refractivity contribution in [3.63, 3.8) is 0 Å². The molecule has 6 rings (SSSR count). The topological polar surface area (TPSA) is 127 Å². The summed E-state index contributed by atoms with van der Waals surface area (Å²) in [7, 11) is 5.88. The average Bonchev–Trinajstić information content (AvgIpc) is 3.50. The van der Waals surface area contributed by atoms with Crippen molar-refractivity contribution in [3.05, 3.63) is 27.9 Å². The monoisotopic (exact) mass is 714 g/mol. The third-order valence-corrected chi connectivity index (χ3v) is 11.5. The fourth-order valence-corrected chi connectivity index (χ4v) is 8.83. The predicted octanol–water partition coefficient (Wildman–Crippen LogP) is 5.56. The lowest BCUT2D eigenvalue weighted by atomic mass is 9.73. The molecule has 13 heteroatoms. The molecule has 0 radical (unpaired) electrons. The zero-order valence-electron chi connectivity index (χ0n) is 31.2. The zero-order valence-corrected chi connectivity index (χ0v) is 32.0. The maximum atomic E-state index is 13.9. The first-order valence-electron chi connectivity index (χ1n) is 18.0. The second-order valence-electron chi connectivity index (χ2n) is 15.8. The van der Waals surface area contributed by atoms with E-state index in [0.29, 0.717) is 48.3 Å². The van der Waals surface area contributed by atoms with Crippen molar-refractivity contribution in [2.24, 2.45) is 4.99 Å². The van der Waals surface area contributed by atoms with Gasteiger partial charge in [-0.1, -0.05) is 5.92 Å². The number of nitrogens with zero attached hydrogens (tertiary/aromatic N) is 8. The number of aromatic nitrogens is 2. The molecule has 2 aromatic heterocycles. The SMILES string of the molecule is C[C@H](Oc1cc(N2CCN(C(=O)OC(C)(C)C)C3(CC3)C2)nc(C(=O)C#C[C@@]2(C)CCCc3sc(/N=C/N(C)C)c(C#N)c32)n1)[C@@H]1CCCN1C. The van der Waals surface area contributed by atoms with Gasteiger partial charge in [-0.3, -0.25) is 14.6 Å². The normalized spacial score (nSPS) is 23.3. The molecule has 4 aliphatic rings. The number of nitriles is 1. The van der Waals surface area contributed by atoms with E-state index in [1.807, 2.05) is 64.6 Å². The molecule has 1 amide bonds. The molecule has 2 aliphatic heterocycles. The van der Waals surface area contributed by atoms with Gasteiger partial charge in [0.05, 0.1) is 22.9 Å². The summed E-state index contributed by atoms with van der Waals surface area (Å²) in [6, 6.07) is 4.42. The van der Waals surface area contributed by atoms with Crippen LogP contribution >= 0.6 is 11.3 Å². The lowest BCUT2D eigenvalue weighted by molar-refractivity contribution is 0.0106. The molecule has 1 saturated carbocycles. The van der Waals surface area contributed by atoms with E-state index in [0.717, 1.165) is 55.5 Å². The van der Waals surface area contributed by atoms with E-state index in [2.05, 4.69) is 44.7 Å². The Balaban J connectivity index is 1.31. The van der Waals surface area contributed by atoms with Crippen LogP contribution in [-0.2, 0) is 16.6 Å². The Hall–Kier alpha value is -4.20. The Bertz CT molecular complexity index is 1810. The van der Waals surface area contributed by atoms with Gasteiger partial charge in [0, 0.05) is 56.3 Å². The van der Waals surface area contributed by atoms with E-state index < -0.39 is 16.8 Å². The quantitative estimate of drug-likeness (QED) is 0.118. The fraction of sp³-hybridized carbons (Fsp3) is 0.632. The molecule has 1 spiro atoms. The number of hydrogen-bond acceptors (Lipinski definition) is 11. The van der Waals surface area contributed by atoms with Crippen LogP contribution in [0.15, 0.2) is 11.1 Å². The van der Waals surface area contributed by atoms with Crippen molar-refractivity contribution < 1.29 is 19.1 Å². The molecule has 3 fully saturated rings. The molecule has 51 heavy (non-hydrogen) atoms. The first-order chi connectivity index (χ1) is 24.1. The summed E-state index contributed by atoms with van der Waals surface area (Å²) in [5.41, 5.74) is -0.222. The Labute approximate surface area is 305 Å². The van der Waals surface area contributed by atoms with Crippen LogP contribution in [0.5, 0.6) is 5.88 Å². The van der Waals surface area contributed by atoms with Gasteiger partial charge in [0.1, 0.15) is 28.6 Å². The Kier molecular flexibility index (Phi) is 10.1. The molecular formula is C38H50N8O4S. The number of hydrogen-bond donors (Lipinski definition) is 0. The van der Waals surface area contributed by atoms with Gasteiger partial charge in [-0.25, -0.2) is 14.8 Å².